The fourth-order valence-corrected chi connectivity index (χ4v) is 3.42. The van der Waals surface area contributed by atoms with Crippen LogP contribution in [0.25, 0.3) is 0 Å². The fraction of sp³-hybridized carbons (Fsp3) is 0.941. The van der Waals surface area contributed by atoms with Crippen LogP contribution in [0.2, 0.25) is 0 Å². The van der Waals surface area contributed by atoms with Crippen LogP contribution in [0.4, 0.5) is 0 Å². The molecule has 0 bridgehead atoms. The molecule has 1 N–H and O–H groups in total. The number of carbonyl (C=O) groups excluding carboxylic acids is 1. The van der Waals surface area contributed by atoms with Crippen molar-refractivity contribution in [2.45, 2.75) is 83.1 Å². The molecule has 2 heterocycles. The molecule has 1 spiro atoms. The van der Waals surface area contributed by atoms with Crippen LogP contribution in [-0.2, 0) is 19.0 Å². The Bertz CT molecular complexity index is 342. The molecule has 2 fully saturated rings. The normalized spacial score (nSPS) is 27.7. The second-order valence-electron chi connectivity index (χ2n) is 6.39. The third-order valence-electron chi connectivity index (χ3n) is 4.51. The summed E-state index contributed by atoms with van der Waals surface area (Å²) in [7, 11) is 0. The first-order valence-electron chi connectivity index (χ1n) is 8.89. The first-order chi connectivity index (χ1) is 10.7. The van der Waals surface area contributed by atoms with Gasteiger partial charge in [0, 0.05) is 18.9 Å². The molecular formula is C17H31NO4. The zero-order chi connectivity index (χ0) is 15.8. The van der Waals surface area contributed by atoms with Crippen molar-refractivity contribution in [1.82, 2.24) is 5.32 Å². The highest BCUT2D eigenvalue weighted by molar-refractivity contribution is 5.76. The molecule has 2 aliphatic rings. The Morgan fingerprint density at radius 2 is 1.95 bits per heavy atom. The van der Waals surface area contributed by atoms with Gasteiger partial charge in [-0.1, -0.05) is 32.6 Å². The van der Waals surface area contributed by atoms with Crippen LogP contribution in [0.15, 0.2) is 0 Å². The van der Waals surface area contributed by atoms with E-state index >= 15 is 0 Å². The largest absolute Gasteiger partial charge is 0.465 e. The highest BCUT2D eigenvalue weighted by atomic mass is 16.7. The van der Waals surface area contributed by atoms with Gasteiger partial charge in [0.05, 0.1) is 19.8 Å². The zero-order valence-electron chi connectivity index (χ0n) is 14.1. The summed E-state index contributed by atoms with van der Waals surface area (Å²) >= 11 is 0. The number of piperidine rings is 1. The molecule has 0 aromatic heterocycles. The monoisotopic (exact) mass is 313 g/mol. The molecule has 22 heavy (non-hydrogen) atoms. The third kappa shape index (κ3) is 4.93. The van der Waals surface area contributed by atoms with Crippen LogP contribution >= 0.6 is 0 Å². The van der Waals surface area contributed by atoms with Crippen LogP contribution < -0.4 is 5.32 Å². The lowest BCUT2D eigenvalue weighted by Crippen LogP contribution is -2.59. The van der Waals surface area contributed by atoms with E-state index in [4.69, 9.17) is 14.2 Å². The first-order valence-corrected chi connectivity index (χ1v) is 8.89. The summed E-state index contributed by atoms with van der Waals surface area (Å²) in [5.74, 6) is -0.769. The van der Waals surface area contributed by atoms with E-state index in [9.17, 15) is 4.79 Å². The Morgan fingerprint density at radius 1 is 1.18 bits per heavy atom. The maximum Gasteiger partial charge on any atom is 0.323 e. The van der Waals surface area contributed by atoms with E-state index in [2.05, 4.69) is 12.2 Å². The molecule has 2 saturated heterocycles. The smallest absolute Gasteiger partial charge is 0.323 e. The number of nitrogens with one attached hydrogen (secondary N) is 1. The topological polar surface area (TPSA) is 56.8 Å². The van der Waals surface area contributed by atoms with Gasteiger partial charge >= 0.3 is 5.97 Å². The molecule has 2 atom stereocenters. The summed E-state index contributed by atoms with van der Waals surface area (Å²) in [6, 6.07) is -0.0545. The highest BCUT2D eigenvalue weighted by Gasteiger charge is 2.46. The number of rotatable bonds is 7. The van der Waals surface area contributed by atoms with E-state index in [1.54, 1.807) is 0 Å². The summed E-state index contributed by atoms with van der Waals surface area (Å²) < 4.78 is 17.1. The standard InChI is InChI=1S/C17H31NO4/c1-3-5-6-7-9-14-12-17(21-10-8-11-22-17)13-15(18-14)16(19)20-4-2/h14-15,18H,3-13H2,1-2H3/t14-,15-/m1/s1. The molecule has 0 amide bonds. The van der Waals surface area contributed by atoms with E-state index < -0.39 is 5.79 Å². The van der Waals surface area contributed by atoms with Gasteiger partial charge in [0.1, 0.15) is 6.04 Å². The molecule has 0 aliphatic carbocycles. The summed E-state index contributed by atoms with van der Waals surface area (Å²) in [4.78, 5) is 12.2. The molecule has 0 aromatic carbocycles. The first kappa shape index (κ1) is 17.7. The van der Waals surface area contributed by atoms with Crippen molar-refractivity contribution < 1.29 is 19.0 Å². The van der Waals surface area contributed by atoms with Gasteiger partial charge in [-0.2, -0.15) is 0 Å². The molecular weight excluding hydrogens is 282 g/mol. The van der Waals surface area contributed by atoms with Crippen molar-refractivity contribution in [3.8, 4) is 0 Å². The molecule has 0 aromatic rings. The van der Waals surface area contributed by atoms with Gasteiger partial charge in [-0.15, -0.1) is 0 Å². The predicted molar refractivity (Wildman–Crippen MR) is 84.6 cm³/mol. The minimum Gasteiger partial charge on any atom is -0.465 e. The number of carbonyl (C=O) groups is 1. The van der Waals surface area contributed by atoms with Gasteiger partial charge in [-0.25, -0.2) is 0 Å². The Hall–Kier alpha value is -0.650. The number of ether oxygens (including phenoxy) is 3. The van der Waals surface area contributed by atoms with Crippen LogP contribution in [0, 0.1) is 0 Å². The van der Waals surface area contributed by atoms with E-state index in [-0.39, 0.29) is 18.1 Å². The molecule has 2 rings (SSSR count). The van der Waals surface area contributed by atoms with Crippen molar-refractivity contribution >= 4 is 5.97 Å². The fourth-order valence-electron chi connectivity index (χ4n) is 3.42. The van der Waals surface area contributed by atoms with Gasteiger partial charge in [-0.05, 0) is 19.8 Å². The average molecular weight is 313 g/mol. The van der Waals surface area contributed by atoms with E-state index in [0.29, 0.717) is 13.0 Å². The lowest BCUT2D eigenvalue weighted by Gasteiger charge is -2.45. The number of unbranched alkanes of at least 4 members (excludes halogenated alkanes) is 3. The molecule has 2 aliphatic heterocycles. The van der Waals surface area contributed by atoms with Gasteiger partial charge in [0.15, 0.2) is 5.79 Å². The maximum absolute atomic E-state index is 12.2. The van der Waals surface area contributed by atoms with Crippen LogP contribution in [-0.4, -0.2) is 43.7 Å². The third-order valence-corrected chi connectivity index (χ3v) is 4.51. The van der Waals surface area contributed by atoms with Crippen molar-refractivity contribution in [1.29, 1.82) is 0 Å². The van der Waals surface area contributed by atoms with Crippen molar-refractivity contribution in [3.63, 3.8) is 0 Å². The molecule has 128 valence electrons. The summed E-state index contributed by atoms with van der Waals surface area (Å²) in [6.45, 7) is 5.91. The van der Waals surface area contributed by atoms with Crippen molar-refractivity contribution in [3.05, 3.63) is 0 Å². The van der Waals surface area contributed by atoms with Gasteiger partial charge in [0.25, 0.3) is 0 Å². The summed E-state index contributed by atoms with van der Waals surface area (Å²) in [6.07, 6.45) is 8.30. The van der Waals surface area contributed by atoms with Crippen molar-refractivity contribution in [2.75, 3.05) is 19.8 Å². The van der Waals surface area contributed by atoms with Gasteiger partial charge in [-0.3, -0.25) is 4.79 Å². The second-order valence-corrected chi connectivity index (χ2v) is 6.39. The number of hydrogen-bond donors (Lipinski definition) is 1. The Balaban J connectivity index is 1.95. The predicted octanol–water partition coefficient (Wildman–Crippen LogP) is 2.77. The lowest BCUT2D eigenvalue weighted by atomic mass is 9.89. The Labute approximate surface area is 134 Å². The summed E-state index contributed by atoms with van der Waals surface area (Å²) in [5, 5.41) is 3.45. The zero-order valence-corrected chi connectivity index (χ0v) is 14.1. The lowest BCUT2D eigenvalue weighted by molar-refractivity contribution is -0.286. The maximum atomic E-state index is 12.2. The molecule has 5 heteroatoms. The van der Waals surface area contributed by atoms with Gasteiger partial charge < -0.3 is 19.5 Å². The summed E-state index contributed by atoms with van der Waals surface area (Å²) in [5.41, 5.74) is 0. The van der Waals surface area contributed by atoms with E-state index in [0.717, 1.165) is 32.5 Å². The SMILES string of the molecule is CCCCCC[C@@H]1CC2(C[C@H](C(=O)OCC)N1)OCCCO2. The number of esters is 1. The van der Waals surface area contributed by atoms with Crippen LogP contribution in [0.1, 0.15) is 65.2 Å². The average Bonchev–Trinajstić information content (AvgIpc) is 2.52. The molecule has 0 unspecified atom stereocenters. The molecule has 0 saturated carbocycles. The Morgan fingerprint density at radius 3 is 2.64 bits per heavy atom. The van der Waals surface area contributed by atoms with E-state index in [1.807, 2.05) is 6.92 Å². The molecule has 0 radical (unpaired) electrons. The molecule has 5 nitrogen and oxygen atoms in total. The highest BCUT2D eigenvalue weighted by Crippen LogP contribution is 2.34. The minimum absolute atomic E-state index is 0.182. The quantitative estimate of drug-likeness (QED) is 0.578. The second kappa shape index (κ2) is 8.85. The van der Waals surface area contributed by atoms with E-state index in [1.165, 1.54) is 25.7 Å². The van der Waals surface area contributed by atoms with Gasteiger partial charge in [0.2, 0.25) is 0 Å². The van der Waals surface area contributed by atoms with Crippen LogP contribution in [0.3, 0.4) is 0 Å². The minimum atomic E-state index is -0.587. The van der Waals surface area contributed by atoms with Crippen molar-refractivity contribution in [2.24, 2.45) is 0 Å². The number of hydrogen-bond acceptors (Lipinski definition) is 5. The Kier molecular flexibility index (Phi) is 7.12. The van der Waals surface area contributed by atoms with Crippen LogP contribution in [0.5, 0.6) is 0 Å².